The van der Waals surface area contributed by atoms with Gasteiger partial charge < -0.3 is 15.8 Å². The molecule has 0 aliphatic rings. The van der Waals surface area contributed by atoms with Crippen LogP contribution in [0.4, 0.5) is 11.4 Å². The van der Waals surface area contributed by atoms with Gasteiger partial charge in [-0.1, -0.05) is 6.42 Å². The number of carbonyl (C=O) groups excluding carboxylic acids is 1. The summed E-state index contributed by atoms with van der Waals surface area (Å²) in [6.45, 7) is 2.90. The number of hydrogen-bond donors (Lipinski definition) is 2. The maximum atomic E-state index is 10.9. The van der Waals surface area contributed by atoms with Gasteiger partial charge in [0.05, 0.1) is 7.11 Å². The largest absolute Gasteiger partial charge is 0.469 e. The molecule has 0 aliphatic heterocycles. The van der Waals surface area contributed by atoms with E-state index >= 15 is 0 Å². The van der Waals surface area contributed by atoms with Gasteiger partial charge in [0.25, 0.3) is 0 Å². The first-order chi connectivity index (χ1) is 8.63. The minimum atomic E-state index is -0.128. The molecule has 0 aliphatic carbocycles. The number of carbonyl (C=O) groups is 1. The van der Waals surface area contributed by atoms with E-state index in [4.69, 9.17) is 5.73 Å². The van der Waals surface area contributed by atoms with Gasteiger partial charge in [0.15, 0.2) is 0 Å². The van der Waals surface area contributed by atoms with Crippen molar-refractivity contribution in [1.82, 2.24) is 0 Å². The summed E-state index contributed by atoms with van der Waals surface area (Å²) in [4.78, 5) is 10.9. The summed E-state index contributed by atoms with van der Waals surface area (Å²) >= 11 is 0. The van der Waals surface area contributed by atoms with E-state index in [1.807, 2.05) is 25.1 Å². The van der Waals surface area contributed by atoms with Crippen LogP contribution in [-0.2, 0) is 9.53 Å². The average Bonchev–Trinajstić information content (AvgIpc) is 2.37. The predicted octanol–water partition coefficient (Wildman–Crippen LogP) is 2.72. The Morgan fingerprint density at radius 3 is 2.78 bits per heavy atom. The van der Waals surface area contributed by atoms with Crippen LogP contribution in [0.25, 0.3) is 0 Å². The molecule has 0 atom stereocenters. The van der Waals surface area contributed by atoms with Gasteiger partial charge >= 0.3 is 5.97 Å². The van der Waals surface area contributed by atoms with E-state index in [-0.39, 0.29) is 5.97 Å². The minimum Gasteiger partial charge on any atom is -0.469 e. The number of nitrogens with one attached hydrogen (secondary N) is 1. The zero-order valence-corrected chi connectivity index (χ0v) is 11.2. The van der Waals surface area contributed by atoms with Crippen LogP contribution in [0.15, 0.2) is 18.2 Å². The Hall–Kier alpha value is -1.71. The highest BCUT2D eigenvalue weighted by molar-refractivity contribution is 5.68. The second-order valence-corrected chi connectivity index (χ2v) is 4.38. The Morgan fingerprint density at radius 1 is 1.33 bits per heavy atom. The Balaban J connectivity index is 2.14. The molecule has 0 aromatic heterocycles. The summed E-state index contributed by atoms with van der Waals surface area (Å²) < 4.78 is 4.58. The van der Waals surface area contributed by atoms with Crippen LogP contribution >= 0.6 is 0 Å². The third kappa shape index (κ3) is 5.08. The molecule has 1 rings (SSSR count). The maximum Gasteiger partial charge on any atom is 0.305 e. The molecule has 0 heterocycles. The predicted molar refractivity (Wildman–Crippen MR) is 74.6 cm³/mol. The smallest absolute Gasteiger partial charge is 0.305 e. The number of nitrogens with two attached hydrogens (primary N) is 1. The molecule has 0 unspecified atom stereocenters. The summed E-state index contributed by atoms with van der Waals surface area (Å²) in [5.41, 5.74) is 8.75. The number of aryl methyl sites for hydroxylation is 1. The number of benzene rings is 1. The van der Waals surface area contributed by atoms with Crippen molar-refractivity contribution in [2.45, 2.75) is 32.6 Å². The van der Waals surface area contributed by atoms with Crippen molar-refractivity contribution >= 4 is 17.3 Å². The summed E-state index contributed by atoms with van der Waals surface area (Å²) in [6.07, 6.45) is 3.46. The van der Waals surface area contributed by atoms with Crippen LogP contribution in [0.1, 0.15) is 31.2 Å². The fraction of sp³-hybridized carbons (Fsp3) is 0.500. The van der Waals surface area contributed by atoms with Gasteiger partial charge in [0, 0.05) is 24.3 Å². The van der Waals surface area contributed by atoms with Crippen LogP contribution in [0, 0.1) is 6.92 Å². The summed E-state index contributed by atoms with van der Waals surface area (Å²) in [7, 11) is 1.42. The van der Waals surface area contributed by atoms with Crippen molar-refractivity contribution in [3.05, 3.63) is 23.8 Å². The third-order valence-corrected chi connectivity index (χ3v) is 2.88. The van der Waals surface area contributed by atoms with Gasteiger partial charge in [-0.3, -0.25) is 4.79 Å². The Labute approximate surface area is 109 Å². The monoisotopic (exact) mass is 250 g/mol. The fourth-order valence-corrected chi connectivity index (χ4v) is 1.69. The van der Waals surface area contributed by atoms with Gasteiger partial charge in [0.1, 0.15) is 0 Å². The first kappa shape index (κ1) is 14.4. The van der Waals surface area contributed by atoms with Crippen LogP contribution in [-0.4, -0.2) is 19.6 Å². The lowest BCUT2D eigenvalue weighted by atomic mass is 10.1. The van der Waals surface area contributed by atoms with E-state index in [0.717, 1.165) is 42.7 Å². The standard InChI is InChI=1S/C14H22N2O2/c1-11-10-12(7-8-13(11)15)16-9-5-3-4-6-14(17)18-2/h7-8,10,16H,3-6,9,15H2,1-2H3. The molecule has 0 radical (unpaired) electrons. The highest BCUT2D eigenvalue weighted by atomic mass is 16.5. The second-order valence-electron chi connectivity index (χ2n) is 4.38. The van der Waals surface area contributed by atoms with E-state index in [1.54, 1.807) is 0 Å². The fourth-order valence-electron chi connectivity index (χ4n) is 1.69. The van der Waals surface area contributed by atoms with Crippen molar-refractivity contribution in [2.75, 3.05) is 24.7 Å². The minimum absolute atomic E-state index is 0.128. The number of anilines is 2. The zero-order chi connectivity index (χ0) is 13.4. The molecule has 4 nitrogen and oxygen atoms in total. The lowest BCUT2D eigenvalue weighted by Gasteiger charge is -2.08. The van der Waals surface area contributed by atoms with Gasteiger partial charge in [-0.2, -0.15) is 0 Å². The first-order valence-electron chi connectivity index (χ1n) is 6.30. The maximum absolute atomic E-state index is 10.9. The Bertz CT molecular complexity index is 391. The van der Waals surface area contributed by atoms with Gasteiger partial charge in [-0.25, -0.2) is 0 Å². The number of nitrogen functional groups attached to an aromatic ring is 1. The van der Waals surface area contributed by atoms with E-state index in [9.17, 15) is 4.79 Å². The molecule has 0 bridgehead atoms. The molecule has 1 aromatic rings. The molecule has 100 valence electrons. The van der Waals surface area contributed by atoms with E-state index in [2.05, 4.69) is 10.1 Å². The van der Waals surface area contributed by atoms with E-state index < -0.39 is 0 Å². The van der Waals surface area contributed by atoms with Crippen LogP contribution in [0.3, 0.4) is 0 Å². The van der Waals surface area contributed by atoms with Crippen molar-refractivity contribution in [3.63, 3.8) is 0 Å². The molecule has 0 saturated heterocycles. The molecule has 1 aromatic carbocycles. The quantitative estimate of drug-likeness (QED) is 0.443. The number of unbranched alkanes of at least 4 members (excludes halogenated alkanes) is 2. The normalized spacial score (nSPS) is 10.1. The topological polar surface area (TPSA) is 64.3 Å². The molecular weight excluding hydrogens is 228 g/mol. The van der Waals surface area contributed by atoms with Crippen LogP contribution < -0.4 is 11.1 Å². The van der Waals surface area contributed by atoms with Gasteiger partial charge in [0.2, 0.25) is 0 Å². The van der Waals surface area contributed by atoms with Crippen molar-refractivity contribution in [3.8, 4) is 0 Å². The lowest BCUT2D eigenvalue weighted by Crippen LogP contribution is -2.03. The number of ether oxygens (including phenoxy) is 1. The molecule has 18 heavy (non-hydrogen) atoms. The van der Waals surface area contributed by atoms with E-state index in [1.165, 1.54) is 7.11 Å². The Morgan fingerprint density at radius 2 is 2.11 bits per heavy atom. The van der Waals surface area contributed by atoms with E-state index in [0.29, 0.717) is 6.42 Å². The number of esters is 1. The summed E-state index contributed by atoms with van der Waals surface area (Å²) in [5, 5.41) is 3.34. The molecule has 4 heteroatoms. The van der Waals surface area contributed by atoms with Gasteiger partial charge in [-0.15, -0.1) is 0 Å². The molecular formula is C14H22N2O2. The average molecular weight is 250 g/mol. The van der Waals surface area contributed by atoms with Crippen LogP contribution in [0.5, 0.6) is 0 Å². The number of rotatable bonds is 7. The van der Waals surface area contributed by atoms with Crippen LogP contribution in [0.2, 0.25) is 0 Å². The number of methoxy groups -OCH3 is 1. The highest BCUT2D eigenvalue weighted by Gasteiger charge is 1.99. The summed E-state index contributed by atoms with van der Waals surface area (Å²) in [5.74, 6) is -0.128. The SMILES string of the molecule is COC(=O)CCCCCNc1ccc(N)c(C)c1. The zero-order valence-electron chi connectivity index (χ0n) is 11.2. The first-order valence-corrected chi connectivity index (χ1v) is 6.30. The van der Waals surface area contributed by atoms with Crippen molar-refractivity contribution < 1.29 is 9.53 Å². The third-order valence-electron chi connectivity index (χ3n) is 2.88. The second kappa shape index (κ2) is 7.58. The number of hydrogen-bond acceptors (Lipinski definition) is 4. The van der Waals surface area contributed by atoms with Gasteiger partial charge in [-0.05, 0) is 43.5 Å². The molecule has 0 fully saturated rings. The lowest BCUT2D eigenvalue weighted by molar-refractivity contribution is -0.140. The highest BCUT2D eigenvalue weighted by Crippen LogP contribution is 2.16. The molecule has 0 amide bonds. The molecule has 0 spiro atoms. The molecule has 0 saturated carbocycles. The molecule has 3 N–H and O–H groups in total. The van der Waals surface area contributed by atoms with Crippen molar-refractivity contribution in [2.24, 2.45) is 0 Å². The summed E-state index contributed by atoms with van der Waals surface area (Å²) in [6, 6.07) is 5.94. The Kier molecular flexibility index (Phi) is 6.05. The van der Waals surface area contributed by atoms with Crippen molar-refractivity contribution in [1.29, 1.82) is 0 Å².